The zero-order valence-corrected chi connectivity index (χ0v) is 13.0. The van der Waals surface area contributed by atoms with Crippen LogP contribution in [0.25, 0.3) is 0 Å². The number of aliphatic hydroxyl groups is 1. The van der Waals surface area contributed by atoms with E-state index in [1.807, 2.05) is 24.8 Å². The Hall–Kier alpha value is -0.710. The van der Waals surface area contributed by atoms with E-state index in [0.717, 1.165) is 34.9 Å². The summed E-state index contributed by atoms with van der Waals surface area (Å²) in [6, 6.07) is 4.22. The van der Waals surface area contributed by atoms with Crippen LogP contribution in [0, 0.1) is 13.8 Å². The lowest BCUT2D eigenvalue weighted by molar-refractivity contribution is 0.0738. The zero-order valence-electron chi connectivity index (χ0n) is 12.1. The van der Waals surface area contributed by atoms with E-state index in [2.05, 4.69) is 24.9 Å². The van der Waals surface area contributed by atoms with Crippen LogP contribution in [0.2, 0.25) is 0 Å². The maximum atomic E-state index is 10.7. The fourth-order valence-corrected chi connectivity index (χ4v) is 3.82. The number of nitrogens with zero attached hydrogens (tertiary/aromatic N) is 1. The highest BCUT2D eigenvalue weighted by atomic mass is 32.2. The lowest BCUT2D eigenvalue weighted by atomic mass is 9.96. The summed E-state index contributed by atoms with van der Waals surface area (Å²) in [4.78, 5) is 2.25. The molecule has 1 heterocycles. The predicted octanol–water partition coefficient (Wildman–Crippen LogP) is 2.39. The first-order valence-electron chi connectivity index (χ1n) is 6.66. The van der Waals surface area contributed by atoms with Crippen LogP contribution in [-0.2, 0) is 0 Å². The summed E-state index contributed by atoms with van der Waals surface area (Å²) in [5.74, 6) is 2.94. The van der Waals surface area contributed by atoms with Gasteiger partial charge in [-0.3, -0.25) is 4.90 Å². The van der Waals surface area contributed by atoms with Gasteiger partial charge in [0.05, 0.1) is 13.2 Å². The number of rotatable bonds is 3. The Bertz CT molecular complexity index is 450. The van der Waals surface area contributed by atoms with Crippen LogP contribution in [0.3, 0.4) is 0 Å². The van der Waals surface area contributed by atoms with Crippen LogP contribution < -0.4 is 4.74 Å². The van der Waals surface area contributed by atoms with E-state index < -0.39 is 6.10 Å². The van der Waals surface area contributed by atoms with E-state index in [4.69, 9.17) is 4.74 Å². The Morgan fingerprint density at radius 2 is 2.16 bits per heavy atom. The molecule has 1 N–H and O–H groups in total. The molecule has 1 aromatic rings. The van der Waals surface area contributed by atoms with E-state index in [-0.39, 0.29) is 6.04 Å². The normalized spacial score (nSPS) is 22.3. The first-order valence-corrected chi connectivity index (χ1v) is 7.82. The van der Waals surface area contributed by atoms with E-state index >= 15 is 0 Å². The maximum absolute atomic E-state index is 10.7. The summed E-state index contributed by atoms with van der Waals surface area (Å²) in [5.41, 5.74) is 3.22. The van der Waals surface area contributed by atoms with Crippen molar-refractivity contribution in [1.29, 1.82) is 0 Å². The standard InChI is InChI=1S/C15H23NO2S/c1-10-5-6-12(15(18-4)11(10)2)14(17)13-9-19-8-7-16(13)3/h5-6,13-14,17H,7-9H2,1-4H3. The zero-order chi connectivity index (χ0) is 14.0. The molecule has 0 aromatic heterocycles. The second kappa shape index (κ2) is 6.16. The number of likely N-dealkylation sites (N-methyl/N-ethyl adjacent to an activating group) is 1. The number of benzene rings is 1. The minimum absolute atomic E-state index is 0.162. The molecule has 3 nitrogen and oxygen atoms in total. The molecule has 0 spiro atoms. The fourth-order valence-electron chi connectivity index (χ4n) is 2.56. The van der Waals surface area contributed by atoms with Crippen molar-refractivity contribution >= 4 is 11.8 Å². The minimum Gasteiger partial charge on any atom is -0.496 e. The van der Waals surface area contributed by atoms with E-state index in [9.17, 15) is 5.11 Å². The molecule has 2 atom stereocenters. The third-order valence-corrected chi connectivity index (χ3v) is 5.09. The van der Waals surface area contributed by atoms with Gasteiger partial charge >= 0.3 is 0 Å². The summed E-state index contributed by atoms with van der Waals surface area (Å²) in [5, 5.41) is 10.7. The van der Waals surface area contributed by atoms with Gasteiger partial charge in [0.2, 0.25) is 0 Å². The van der Waals surface area contributed by atoms with E-state index in [1.165, 1.54) is 5.56 Å². The third-order valence-electron chi connectivity index (χ3n) is 4.04. The van der Waals surface area contributed by atoms with Gasteiger partial charge in [-0.05, 0) is 32.0 Å². The molecular weight excluding hydrogens is 258 g/mol. The van der Waals surface area contributed by atoms with Crippen molar-refractivity contribution in [2.75, 3.05) is 32.2 Å². The van der Waals surface area contributed by atoms with Gasteiger partial charge in [0.15, 0.2) is 0 Å². The molecule has 1 aliphatic heterocycles. The lowest BCUT2D eigenvalue weighted by Gasteiger charge is -2.36. The fraction of sp³-hybridized carbons (Fsp3) is 0.600. The molecule has 1 aliphatic rings. The molecule has 2 rings (SSSR count). The first kappa shape index (κ1) is 14.7. The van der Waals surface area contributed by atoms with Crippen molar-refractivity contribution in [3.05, 3.63) is 28.8 Å². The SMILES string of the molecule is COc1c(C(O)C2CSCCN2C)ccc(C)c1C. The van der Waals surface area contributed by atoms with Crippen LogP contribution in [-0.4, -0.2) is 48.3 Å². The van der Waals surface area contributed by atoms with Gasteiger partial charge in [-0.1, -0.05) is 12.1 Å². The Kier molecular flexibility index (Phi) is 4.76. The van der Waals surface area contributed by atoms with Crippen molar-refractivity contribution in [3.8, 4) is 5.75 Å². The van der Waals surface area contributed by atoms with Gasteiger partial charge in [0, 0.05) is 29.7 Å². The van der Waals surface area contributed by atoms with Crippen molar-refractivity contribution in [2.45, 2.75) is 26.0 Å². The minimum atomic E-state index is -0.493. The molecular formula is C15H23NO2S. The maximum Gasteiger partial charge on any atom is 0.127 e. The monoisotopic (exact) mass is 281 g/mol. The van der Waals surface area contributed by atoms with Crippen LogP contribution in [0.5, 0.6) is 5.75 Å². The van der Waals surface area contributed by atoms with Crippen molar-refractivity contribution in [3.63, 3.8) is 0 Å². The second-order valence-electron chi connectivity index (χ2n) is 5.20. The third kappa shape index (κ3) is 2.91. The molecule has 0 saturated carbocycles. The number of aliphatic hydroxyl groups excluding tert-OH is 1. The van der Waals surface area contributed by atoms with Crippen LogP contribution in [0.1, 0.15) is 22.8 Å². The Morgan fingerprint density at radius 1 is 1.42 bits per heavy atom. The molecule has 0 bridgehead atoms. The molecule has 0 radical (unpaired) electrons. The van der Waals surface area contributed by atoms with Gasteiger partial charge in [-0.2, -0.15) is 11.8 Å². The Morgan fingerprint density at radius 3 is 2.79 bits per heavy atom. The molecule has 0 aliphatic carbocycles. The van der Waals surface area contributed by atoms with Crippen molar-refractivity contribution in [1.82, 2.24) is 4.90 Å². The molecule has 1 fully saturated rings. The number of ether oxygens (including phenoxy) is 1. The molecule has 0 amide bonds. The Labute approximate surface area is 120 Å². The summed E-state index contributed by atoms with van der Waals surface area (Å²) < 4.78 is 5.52. The lowest BCUT2D eigenvalue weighted by Crippen LogP contribution is -2.43. The largest absolute Gasteiger partial charge is 0.496 e. The number of aryl methyl sites for hydroxylation is 1. The van der Waals surface area contributed by atoms with Crippen LogP contribution in [0.15, 0.2) is 12.1 Å². The van der Waals surface area contributed by atoms with Gasteiger partial charge in [-0.25, -0.2) is 0 Å². The average Bonchev–Trinajstić information content (AvgIpc) is 2.41. The molecule has 19 heavy (non-hydrogen) atoms. The molecule has 1 saturated heterocycles. The summed E-state index contributed by atoms with van der Waals surface area (Å²) in [6.07, 6.45) is -0.493. The number of methoxy groups -OCH3 is 1. The van der Waals surface area contributed by atoms with Gasteiger partial charge in [-0.15, -0.1) is 0 Å². The predicted molar refractivity (Wildman–Crippen MR) is 81.2 cm³/mol. The molecule has 1 aromatic carbocycles. The number of thioether (sulfide) groups is 1. The van der Waals surface area contributed by atoms with Crippen molar-refractivity contribution < 1.29 is 9.84 Å². The van der Waals surface area contributed by atoms with E-state index in [1.54, 1.807) is 7.11 Å². The quantitative estimate of drug-likeness (QED) is 0.922. The van der Waals surface area contributed by atoms with Gasteiger partial charge in [0.1, 0.15) is 5.75 Å². The van der Waals surface area contributed by atoms with Crippen molar-refractivity contribution in [2.24, 2.45) is 0 Å². The topological polar surface area (TPSA) is 32.7 Å². The van der Waals surface area contributed by atoms with Crippen LogP contribution >= 0.6 is 11.8 Å². The highest BCUT2D eigenvalue weighted by Crippen LogP contribution is 2.35. The highest BCUT2D eigenvalue weighted by molar-refractivity contribution is 7.99. The molecule has 106 valence electrons. The molecule has 4 heteroatoms. The van der Waals surface area contributed by atoms with Crippen LogP contribution in [0.4, 0.5) is 0 Å². The Balaban J connectivity index is 2.32. The summed E-state index contributed by atoms with van der Waals surface area (Å²) in [7, 11) is 3.76. The second-order valence-corrected chi connectivity index (χ2v) is 6.35. The van der Waals surface area contributed by atoms with Gasteiger partial charge in [0.25, 0.3) is 0 Å². The smallest absolute Gasteiger partial charge is 0.127 e. The average molecular weight is 281 g/mol. The highest BCUT2D eigenvalue weighted by Gasteiger charge is 2.30. The van der Waals surface area contributed by atoms with Gasteiger partial charge < -0.3 is 9.84 Å². The first-order chi connectivity index (χ1) is 9.06. The summed E-state index contributed by atoms with van der Waals surface area (Å²) >= 11 is 1.91. The number of hydrogen-bond acceptors (Lipinski definition) is 4. The van der Waals surface area contributed by atoms with E-state index in [0.29, 0.717) is 0 Å². The molecule has 2 unspecified atom stereocenters. The number of hydrogen-bond donors (Lipinski definition) is 1. The summed E-state index contributed by atoms with van der Waals surface area (Å²) in [6.45, 7) is 5.14.